The first-order chi connectivity index (χ1) is 5.52. The van der Waals surface area contributed by atoms with Crippen molar-refractivity contribution in [3.05, 3.63) is 0 Å². The highest BCUT2D eigenvalue weighted by atomic mass is 19.3. The molecule has 5 heteroatoms. The number of carbonyl (C=O) groups excluding carboxylic acids is 1. The third-order valence-corrected chi connectivity index (χ3v) is 1.98. The maximum absolute atomic E-state index is 12.7. The summed E-state index contributed by atoms with van der Waals surface area (Å²) >= 11 is 0. The molecule has 0 saturated carbocycles. The summed E-state index contributed by atoms with van der Waals surface area (Å²) in [6, 6.07) is 0. The summed E-state index contributed by atoms with van der Waals surface area (Å²) in [5.41, 5.74) is 4.53. The van der Waals surface area contributed by atoms with Gasteiger partial charge in [-0.2, -0.15) is 8.78 Å². The van der Waals surface area contributed by atoms with Gasteiger partial charge in [0.15, 0.2) is 0 Å². The second kappa shape index (κ2) is 3.35. The van der Waals surface area contributed by atoms with Crippen LogP contribution in [0.25, 0.3) is 0 Å². The molecule has 3 nitrogen and oxygen atoms in total. The largest absolute Gasteiger partial charge is 0.364 e. The van der Waals surface area contributed by atoms with Crippen LogP contribution < -0.4 is 5.73 Å². The fourth-order valence-corrected chi connectivity index (χ4v) is 1.30. The molecule has 1 heterocycles. The van der Waals surface area contributed by atoms with Gasteiger partial charge in [0.05, 0.1) is 6.54 Å². The van der Waals surface area contributed by atoms with E-state index in [4.69, 9.17) is 0 Å². The standard InChI is InChI=1S/C7H12F2N2O/c8-7(9,6(10)12)5-11-3-1-2-4-11/h1-5H2,(H2,10,12). The van der Waals surface area contributed by atoms with Crippen molar-refractivity contribution in [2.45, 2.75) is 18.8 Å². The van der Waals surface area contributed by atoms with E-state index in [2.05, 4.69) is 5.73 Å². The van der Waals surface area contributed by atoms with Gasteiger partial charge in [0.2, 0.25) is 0 Å². The van der Waals surface area contributed by atoms with E-state index >= 15 is 0 Å². The van der Waals surface area contributed by atoms with Crippen molar-refractivity contribution < 1.29 is 13.6 Å². The number of likely N-dealkylation sites (tertiary alicyclic amines) is 1. The van der Waals surface area contributed by atoms with Crippen molar-refractivity contribution in [1.82, 2.24) is 4.90 Å². The van der Waals surface area contributed by atoms with Crippen molar-refractivity contribution in [2.24, 2.45) is 5.73 Å². The molecule has 1 aliphatic heterocycles. The normalized spacial score (nSPS) is 19.8. The summed E-state index contributed by atoms with van der Waals surface area (Å²) < 4.78 is 25.4. The number of alkyl halides is 2. The molecule has 0 atom stereocenters. The Bertz CT molecular complexity index is 178. The van der Waals surface area contributed by atoms with Crippen molar-refractivity contribution >= 4 is 5.91 Å². The van der Waals surface area contributed by atoms with Crippen molar-refractivity contribution in [3.63, 3.8) is 0 Å². The molecule has 1 aliphatic rings. The molecule has 1 amide bonds. The van der Waals surface area contributed by atoms with Crippen LogP contribution in [-0.2, 0) is 4.79 Å². The van der Waals surface area contributed by atoms with Crippen LogP contribution in [0.2, 0.25) is 0 Å². The topological polar surface area (TPSA) is 46.3 Å². The number of primary amides is 1. The van der Waals surface area contributed by atoms with E-state index in [9.17, 15) is 13.6 Å². The van der Waals surface area contributed by atoms with Crippen LogP contribution in [0.5, 0.6) is 0 Å². The highest BCUT2D eigenvalue weighted by Gasteiger charge is 2.38. The number of nitrogens with zero attached hydrogens (tertiary/aromatic N) is 1. The minimum Gasteiger partial charge on any atom is -0.364 e. The van der Waals surface area contributed by atoms with Crippen LogP contribution in [0.3, 0.4) is 0 Å². The van der Waals surface area contributed by atoms with E-state index < -0.39 is 18.4 Å². The molecule has 0 unspecified atom stereocenters. The number of nitrogens with two attached hydrogens (primary N) is 1. The van der Waals surface area contributed by atoms with Crippen molar-refractivity contribution in [2.75, 3.05) is 19.6 Å². The molecule has 0 aromatic carbocycles. The fourth-order valence-electron chi connectivity index (χ4n) is 1.30. The van der Waals surface area contributed by atoms with Crippen LogP contribution in [0.4, 0.5) is 8.78 Å². The maximum atomic E-state index is 12.7. The van der Waals surface area contributed by atoms with Gasteiger partial charge in [-0.3, -0.25) is 9.69 Å². The van der Waals surface area contributed by atoms with Crippen molar-refractivity contribution in [1.29, 1.82) is 0 Å². The third-order valence-electron chi connectivity index (χ3n) is 1.98. The van der Waals surface area contributed by atoms with Crippen LogP contribution >= 0.6 is 0 Å². The average Bonchev–Trinajstić information content (AvgIpc) is 2.38. The first-order valence-corrected chi connectivity index (χ1v) is 3.92. The summed E-state index contributed by atoms with van der Waals surface area (Å²) in [7, 11) is 0. The summed E-state index contributed by atoms with van der Waals surface area (Å²) in [6.07, 6.45) is 1.85. The zero-order valence-corrected chi connectivity index (χ0v) is 6.72. The Morgan fingerprint density at radius 3 is 2.33 bits per heavy atom. The van der Waals surface area contributed by atoms with E-state index in [1.54, 1.807) is 4.90 Å². The van der Waals surface area contributed by atoms with Gasteiger partial charge < -0.3 is 5.73 Å². The minimum atomic E-state index is -3.37. The minimum absolute atomic E-state index is 0.525. The molecular formula is C7H12F2N2O. The Kier molecular flexibility index (Phi) is 2.62. The zero-order valence-electron chi connectivity index (χ0n) is 6.72. The molecule has 0 bridgehead atoms. The summed E-state index contributed by atoms with van der Waals surface area (Å²) in [4.78, 5) is 11.8. The number of carbonyl (C=O) groups is 1. The zero-order chi connectivity index (χ0) is 9.19. The molecule has 12 heavy (non-hydrogen) atoms. The van der Waals surface area contributed by atoms with Crippen molar-refractivity contribution in [3.8, 4) is 0 Å². The van der Waals surface area contributed by atoms with Gasteiger partial charge in [0, 0.05) is 0 Å². The molecule has 1 saturated heterocycles. The van der Waals surface area contributed by atoms with E-state index in [-0.39, 0.29) is 0 Å². The lowest BCUT2D eigenvalue weighted by Crippen LogP contribution is -2.45. The highest BCUT2D eigenvalue weighted by molar-refractivity contribution is 5.81. The van der Waals surface area contributed by atoms with Crippen LogP contribution in [0.15, 0.2) is 0 Å². The second-order valence-corrected chi connectivity index (χ2v) is 3.05. The average molecular weight is 178 g/mol. The van der Waals surface area contributed by atoms with E-state index in [0.29, 0.717) is 13.1 Å². The first kappa shape index (κ1) is 9.38. The van der Waals surface area contributed by atoms with Gasteiger partial charge in [-0.25, -0.2) is 0 Å². The summed E-state index contributed by atoms with van der Waals surface area (Å²) in [5, 5.41) is 0. The Balaban J connectivity index is 2.42. The number of hydrogen-bond donors (Lipinski definition) is 1. The lowest BCUT2D eigenvalue weighted by atomic mass is 10.3. The molecular weight excluding hydrogens is 166 g/mol. The maximum Gasteiger partial charge on any atom is 0.336 e. The summed E-state index contributed by atoms with van der Waals surface area (Å²) in [6.45, 7) is 0.758. The Hall–Kier alpha value is -0.710. The Labute approximate surface area is 69.5 Å². The molecule has 1 fully saturated rings. The molecule has 2 N–H and O–H groups in total. The molecule has 70 valence electrons. The lowest BCUT2D eigenvalue weighted by molar-refractivity contribution is -0.144. The smallest absolute Gasteiger partial charge is 0.336 e. The number of amides is 1. The van der Waals surface area contributed by atoms with Gasteiger partial charge in [0.1, 0.15) is 0 Å². The number of rotatable bonds is 3. The fraction of sp³-hybridized carbons (Fsp3) is 0.857. The summed E-state index contributed by atoms with van der Waals surface area (Å²) in [5.74, 6) is -4.90. The van der Waals surface area contributed by atoms with Crippen LogP contribution in [0, 0.1) is 0 Å². The van der Waals surface area contributed by atoms with Gasteiger partial charge in [-0.15, -0.1) is 0 Å². The first-order valence-electron chi connectivity index (χ1n) is 3.92. The predicted molar refractivity (Wildman–Crippen MR) is 39.8 cm³/mol. The number of hydrogen-bond acceptors (Lipinski definition) is 2. The quantitative estimate of drug-likeness (QED) is 0.671. The highest BCUT2D eigenvalue weighted by Crippen LogP contribution is 2.17. The molecule has 0 radical (unpaired) electrons. The van der Waals surface area contributed by atoms with E-state index in [1.165, 1.54) is 0 Å². The molecule has 1 rings (SSSR count). The predicted octanol–water partition coefficient (Wildman–Crippen LogP) is 0.203. The van der Waals surface area contributed by atoms with Gasteiger partial charge in [-0.05, 0) is 25.9 Å². The van der Waals surface area contributed by atoms with Gasteiger partial charge in [0.25, 0.3) is 5.91 Å². The van der Waals surface area contributed by atoms with Gasteiger partial charge in [-0.1, -0.05) is 0 Å². The van der Waals surface area contributed by atoms with E-state index in [1.807, 2.05) is 0 Å². The Morgan fingerprint density at radius 1 is 1.42 bits per heavy atom. The SMILES string of the molecule is NC(=O)C(F)(F)CN1CCCC1. The van der Waals surface area contributed by atoms with E-state index in [0.717, 1.165) is 12.8 Å². The molecule has 0 aliphatic carbocycles. The Morgan fingerprint density at radius 2 is 1.92 bits per heavy atom. The molecule has 0 spiro atoms. The second-order valence-electron chi connectivity index (χ2n) is 3.05. The van der Waals surface area contributed by atoms with Gasteiger partial charge >= 0.3 is 5.92 Å². The third kappa shape index (κ3) is 2.14. The molecule has 0 aromatic heterocycles. The van der Waals surface area contributed by atoms with Crippen LogP contribution in [-0.4, -0.2) is 36.4 Å². The van der Waals surface area contributed by atoms with Crippen LogP contribution in [0.1, 0.15) is 12.8 Å². The number of halogens is 2. The monoisotopic (exact) mass is 178 g/mol. The lowest BCUT2D eigenvalue weighted by Gasteiger charge is -2.19. The molecule has 0 aromatic rings.